The van der Waals surface area contributed by atoms with Crippen molar-refractivity contribution in [2.45, 2.75) is 31.9 Å². The molecule has 29 heavy (non-hydrogen) atoms. The third kappa shape index (κ3) is 1.87. The van der Waals surface area contributed by atoms with Crippen LogP contribution in [0.3, 0.4) is 0 Å². The second-order valence-electron chi connectivity index (χ2n) is 8.67. The van der Waals surface area contributed by atoms with Crippen molar-refractivity contribution < 1.29 is 14.7 Å². The minimum absolute atomic E-state index is 0.293. The molecule has 3 aliphatic rings. The number of likely N-dealkylation sites (N-methyl/N-ethyl adjacent to an activating group) is 1. The van der Waals surface area contributed by atoms with Crippen LogP contribution in [0.15, 0.2) is 47.0 Å². The Kier molecular flexibility index (Phi) is 3.99. The molecule has 4 rings (SSSR count). The molecular formula is C22H21ClN2O3S. The van der Waals surface area contributed by atoms with Gasteiger partial charge >= 0.3 is 0 Å². The van der Waals surface area contributed by atoms with E-state index in [0.717, 1.165) is 0 Å². The molecule has 0 radical (unpaired) electrons. The molecule has 0 saturated heterocycles. The minimum atomic E-state index is -1.94. The van der Waals surface area contributed by atoms with Crippen LogP contribution < -0.4 is 4.90 Å². The summed E-state index contributed by atoms with van der Waals surface area (Å²) < 4.78 is 0. The summed E-state index contributed by atoms with van der Waals surface area (Å²) in [4.78, 5) is 33.3. The second kappa shape index (κ2) is 5.73. The molecule has 1 aromatic carbocycles. The van der Waals surface area contributed by atoms with Crippen LogP contribution in [0.25, 0.3) is 0 Å². The molecule has 4 atom stereocenters. The van der Waals surface area contributed by atoms with Gasteiger partial charge in [0.2, 0.25) is 0 Å². The molecule has 150 valence electrons. The Morgan fingerprint density at radius 3 is 2.59 bits per heavy atom. The summed E-state index contributed by atoms with van der Waals surface area (Å²) in [6, 6.07) is 5.19. The van der Waals surface area contributed by atoms with Crippen LogP contribution in [0.4, 0.5) is 5.69 Å². The number of aliphatic imine (C=N–C) groups is 1. The molecule has 5 nitrogen and oxygen atoms in total. The number of hydrogen-bond donors (Lipinski definition) is 1. The molecular weight excluding hydrogens is 408 g/mol. The van der Waals surface area contributed by atoms with Crippen molar-refractivity contribution in [2.24, 2.45) is 21.7 Å². The van der Waals surface area contributed by atoms with Crippen molar-refractivity contribution >= 4 is 46.4 Å². The lowest BCUT2D eigenvalue weighted by Crippen LogP contribution is -2.57. The Morgan fingerprint density at radius 2 is 2.00 bits per heavy atom. The first-order chi connectivity index (χ1) is 13.5. The SMILES string of the molecule is C=C[C@]1(C)C(Cl)=C[C@@H]2C(=O)[C@]1(N=C=S)c1cccc3c1[C@](O)(C(=O)N3C)C2(C)C. The van der Waals surface area contributed by atoms with Gasteiger partial charge in [-0.3, -0.25) is 9.59 Å². The number of Topliss-reactive ketones (excluding diaryl/α,β-unsaturated/α-hetero) is 1. The fourth-order valence-corrected chi connectivity index (χ4v) is 5.80. The van der Waals surface area contributed by atoms with Gasteiger partial charge in [-0.1, -0.05) is 49.7 Å². The number of carbonyl (C=O) groups excluding carboxylic acids is 2. The van der Waals surface area contributed by atoms with Crippen LogP contribution in [0.2, 0.25) is 0 Å². The quantitative estimate of drug-likeness (QED) is 0.443. The van der Waals surface area contributed by atoms with E-state index >= 15 is 0 Å². The highest BCUT2D eigenvalue weighted by atomic mass is 35.5. The molecule has 0 unspecified atom stereocenters. The summed E-state index contributed by atoms with van der Waals surface area (Å²) in [5, 5.41) is 14.7. The van der Waals surface area contributed by atoms with E-state index in [-0.39, 0.29) is 5.78 Å². The fraction of sp³-hybridized carbons (Fsp3) is 0.409. The highest BCUT2D eigenvalue weighted by Crippen LogP contribution is 2.66. The van der Waals surface area contributed by atoms with Crippen LogP contribution in [0, 0.1) is 16.7 Å². The van der Waals surface area contributed by atoms with E-state index in [2.05, 4.69) is 16.7 Å². The van der Waals surface area contributed by atoms with E-state index in [1.807, 2.05) is 0 Å². The average Bonchev–Trinajstić information content (AvgIpc) is 2.88. The number of ketones is 1. The first kappa shape index (κ1) is 20.2. The van der Waals surface area contributed by atoms with Crippen LogP contribution >= 0.6 is 23.8 Å². The van der Waals surface area contributed by atoms with Gasteiger partial charge in [0.25, 0.3) is 5.91 Å². The molecule has 1 heterocycles. The number of thiocarbonyl (C=S) groups is 1. The van der Waals surface area contributed by atoms with Gasteiger partial charge in [-0.25, -0.2) is 4.99 Å². The molecule has 1 aromatic rings. The monoisotopic (exact) mass is 428 g/mol. The summed E-state index contributed by atoms with van der Waals surface area (Å²) in [5.41, 5.74) is -4.55. The Labute approximate surface area is 179 Å². The Bertz CT molecular complexity index is 1090. The van der Waals surface area contributed by atoms with Crippen molar-refractivity contribution in [3.8, 4) is 0 Å². The third-order valence-corrected chi connectivity index (χ3v) is 7.91. The lowest BCUT2D eigenvalue weighted by atomic mass is 9.56. The van der Waals surface area contributed by atoms with E-state index in [9.17, 15) is 14.7 Å². The molecule has 0 aromatic heterocycles. The Hall–Kier alpha value is -2.11. The highest BCUT2D eigenvalue weighted by Gasteiger charge is 2.72. The van der Waals surface area contributed by atoms with Crippen LogP contribution in [-0.4, -0.2) is 29.0 Å². The zero-order chi connectivity index (χ0) is 21.6. The largest absolute Gasteiger partial charge is 0.375 e. The third-order valence-electron chi connectivity index (χ3n) is 7.30. The number of fused-ring (bicyclic) bond motifs is 3. The summed E-state index contributed by atoms with van der Waals surface area (Å²) >= 11 is 11.7. The second-order valence-corrected chi connectivity index (χ2v) is 9.26. The van der Waals surface area contributed by atoms with E-state index in [0.29, 0.717) is 21.8 Å². The Morgan fingerprint density at radius 1 is 1.34 bits per heavy atom. The van der Waals surface area contributed by atoms with Gasteiger partial charge in [0, 0.05) is 29.0 Å². The molecule has 2 aliphatic carbocycles. The van der Waals surface area contributed by atoms with E-state index in [1.54, 1.807) is 58.2 Å². The summed E-state index contributed by atoms with van der Waals surface area (Å²) in [5.74, 6) is -1.66. The number of nitrogens with zero attached hydrogens (tertiary/aromatic N) is 2. The smallest absolute Gasteiger partial charge is 0.264 e. The average molecular weight is 429 g/mol. The van der Waals surface area contributed by atoms with Crippen molar-refractivity contribution in [2.75, 3.05) is 11.9 Å². The van der Waals surface area contributed by atoms with Crippen molar-refractivity contribution in [1.29, 1.82) is 0 Å². The summed E-state index contributed by atoms with van der Waals surface area (Å²) in [6.07, 6.45) is 3.20. The summed E-state index contributed by atoms with van der Waals surface area (Å²) in [7, 11) is 1.61. The molecule has 7 heteroatoms. The molecule has 1 amide bonds. The maximum absolute atomic E-state index is 14.1. The number of amides is 1. The maximum Gasteiger partial charge on any atom is 0.264 e. The number of carbonyl (C=O) groups is 2. The minimum Gasteiger partial charge on any atom is -0.375 e. The van der Waals surface area contributed by atoms with Gasteiger partial charge in [0.1, 0.15) is 0 Å². The maximum atomic E-state index is 14.1. The van der Waals surface area contributed by atoms with E-state index < -0.39 is 33.8 Å². The zero-order valence-corrected chi connectivity index (χ0v) is 18.2. The van der Waals surface area contributed by atoms with Crippen LogP contribution in [0.5, 0.6) is 0 Å². The standard InChI is InChI=1S/C22H21ClN2O3S/c1-6-20(4)15(23)10-13-17(26)21(20,24-11-29)12-8-7-9-14-16(12)22(28,19(13,2)3)18(27)25(14)5/h6-10,13,28H,1H2,2-5H3/t13-,20-,21-,22+/m1/s1. The number of aliphatic hydroxyl groups is 1. The predicted molar refractivity (Wildman–Crippen MR) is 115 cm³/mol. The molecule has 0 spiro atoms. The normalized spacial score (nSPS) is 36.7. The van der Waals surface area contributed by atoms with Gasteiger partial charge in [-0.2, -0.15) is 0 Å². The summed E-state index contributed by atoms with van der Waals surface area (Å²) in [6.45, 7) is 9.10. The topological polar surface area (TPSA) is 70.0 Å². The van der Waals surface area contributed by atoms with Crippen molar-refractivity contribution in [3.63, 3.8) is 0 Å². The number of allylic oxidation sites excluding steroid dienone is 1. The number of halogens is 1. The molecule has 2 bridgehead atoms. The van der Waals surface area contributed by atoms with Gasteiger partial charge in [-0.15, -0.1) is 6.58 Å². The molecule has 1 aliphatic heterocycles. The number of anilines is 1. The predicted octanol–water partition coefficient (Wildman–Crippen LogP) is 3.70. The van der Waals surface area contributed by atoms with Gasteiger partial charge < -0.3 is 10.0 Å². The number of hydrogen-bond acceptors (Lipinski definition) is 5. The highest BCUT2D eigenvalue weighted by molar-refractivity contribution is 7.78. The number of rotatable bonds is 2. The van der Waals surface area contributed by atoms with Gasteiger partial charge in [-0.05, 0) is 30.8 Å². The molecule has 0 saturated carbocycles. The van der Waals surface area contributed by atoms with Crippen LogP contribution in [0.1, 0.15) is 31.9 Å². The van der Waals surface area contributed by atoms with Crippen molar-refractivity contribution in [1.82, 2.24) is 0 Å². The lowest BCUT2D eigenvalue weighted by molar-refractivity contribution is -0.158. The first-order valence-corrected chi connectivity index (χ1v) is 10.0. The van der Waals surface area contributed by atoms with E-state index in [4.69, 9.17) is 23.8 Å². The van der Waals surface area contributed by atoms with Gasteiger partial charge in [0.05, 0.1) is 16.3 Å². The number of isothiocyanates is 1. The lowest BCUT2D eigenvalue weighted by Gasteiger charge is -2.48. The van der Waals surface area contributed by atoms with Crippen molar-refractivity contribution in [3.05, 3.63) is 53.1 Å². The fourth-order valence-electron chi connectivity index (χ4n) is 5.33. The molecule has 1 N–H and O–H groups in total. The van der Waals surface area contributed by atoms with Gasteiger partial charge in [0.15, 0.2) is 16.9 Å². The Balaban J connectivity index is 2.33. The zero-order valence-electron chi connectivity index (χ0n) is 16.6. The van der Waals surface area contributed by atoms with E-state index in [1.165, 1.54) is 4.90 Å². The van der Waals surface area contributed by atoms with Crippen LogP contribution in [-0.2, 0) is 20.7 Å². The molecule has 0 fully saturated rings. The number of benzene rings is 1. The first-order valence-electron chi connectivity index (χ1n) is 9.26.